The summed E-state index contributed by atoms with van der Waals surface area (Å²) >= 11 is 0. The first-order chi connectivity index (χ1) is 26.6. The Morgan fingerprint density at radius 3 is 0.914 bits per heavy atom. The van der Waals surface area contributed by atoms with Gasteiger partial charge in [-0.1, -0.05) is 145 Å². The molecule has 0 fully saturated rings. The Labute approximate surface area is 348 Å². The molecule has 4 N–H and O–H groups in total. The monoisotopic (exact) mass is 792 g/mol. The molecule has 0 amide bonds. The molecule has 4 aromatic carbocycles. The molecule has 1 aliphatic heterocycles. The quantitative estimate of drug-likeness (QED) is 0.153. The van der Waals surface area contributed by atoms with Gasteiger partial charge in [0.1, 0.15) is 29.0 Å². The normalized spacial score (nSPS) is 15.2. The van der Waals surface area contributed by atoms with Crippen LogP contribution in [0.4, 0.5) is 0 Å². The van der Waals surface area contributed by atoms with Crippen molar-refractivity contribution in [3.05, 3.63) is 115 Å². The number of benzene rings is 4. The summed E-state index contributed by atoms with van der Waals surface area (Å²) in [6.07, 6.45) is 0.795. The van der Waals surface area contributed by atoms with Gasteiger partial charge in [-0.2, -0.15) is 0 Å². The lowest BCUT2D eigenvalue weighted by molar-refractivity contribution is -0.149. The van der Waals surface area contributed by atoms with Gasteiger partial charge in [0.15, 0.2) is 0 Å². The van der Waals surface area contributed by atoms with Gasteiger partial charge in [-0.05, 0) is 83.2 Å². The SMILES string of the molecule is COC(=O)[C@@H](C(C)C)N1Cc2cc(C(C)(C)C)cc(c2O)Cc2cc(C(C)(C)C)cc(c2O)Cc2cc(C(C)(C)C)cc(c2O)Cc2cc(C(C)(C)C)cc(c2O)C1. The third-order valence-electron chi connectivity index (χ3n) is 11.9. The van der Waals surface area contributed by atoms with Gasteiger partial charge in [-0.25, -0.2) is 0 Å². The van der Waals surface area contributed by atoms with Crippen LogP contribution >= 0.6 is 0 Å². The standard InChI is InChI=1S/C51H69NO6/c1-29(2)42(47(57)58-15)52-27-36-25-40(50(9,10)11)23-34(45(36)55)17-32-21-38(48(3,4)5)19-30(43(32)53)16-31-20-39(49(6,7)8)22-33(44(31)54)18-35-24-41(51(12,13)14)26-37(28-52)46(35)56/h19-26,29,42,53-56H,16-18,27-28H2,1-15H3/t42-/m1/s1. The molecule has 7 heteroatoms. The smallest absolute Gasteiger partial charge is 0.323 e. The van der Waals surface area contributed by atoms with Crippen molar-refractivity contribution in [1.29, 1.82) is 0 Å². The van der Waals surface area contributed by atoms with Crippen LogP contribution in [0.15, 0.2) is 48.5 Å². The maximum atomic E-state index is 13.7. The summed E-state index contributed by atoms with van der Waals surface area (Å²) in [5.74, 6) is -0.111. The van der Waals surface area contributed by atoms with Gasteiger partial charge >= 0.3 is 5.97 Å². The zero-order valence-corrected chi connectivity index (χ0v) is 37.9. The second-order valence-electron chi connectivity index (χ2n) is 21.2. The van der Waals surface area contributed by atoms with E-state index >= 15 is 0 Å². The van der Waals surface area contributed by atoms with E-state index in [0.29, 0.717) is 44.5 Å². The van der Waals surface area contributed by atoms with Crippen molar-refractivity contribution in [1.82, 2.24) is 4.90 Å². The Bertz CT molecular complexity index is 2040. The van der Waals surface area contributed by atoms with E-state index in [2.05, 4.69) is 83.1 Å². The number of phenolic OH excluding ortho intramolecular Hbond substituents is 4. The minimum absolute atomic E-state index is 0.0992. The number of nitrogens with zero attached hydrogens (tertiary/aromatic N) is 1. The maximum absolute atomic E-state index is 13.7. The molecule has 0 unspecified atom stereocenters. The summed E-state index contributed by atoms with van der Waals surface area (Å²) in [7, 11) is 1.39. The van der Waals surface area contributed by atoms with Gasteiger partial charge < -0.3 is 25.2 Å². The van der Waals surface area contributed by atoms with Crippen molar-refractivity contribution < 1.29 is 30.0 Å². The lowest BCUT2D eigenvalue weighted by atomic mass is 9.80. The average molecular weight is 792 g/mol. The number of rotatable bonds is 3. The second-order valence-corrected chi connectivity index (χ2v) is 21.2. The maximum Gasteiger partial charge on any atom is 0.323 e. The predicted molar refractivity (Wildman–Crippen MR) is 236 cm³/mol. The Morgan fingerprint density at radius 2 is 0.707 bits per heavy atom. The second kappa shape index (κ2) is 15.9. The summed E-state index contributed by atoms with van der Waals surface area (Å²) in [4.78, 5) is 15.7. The number of esters is 1. The summed E-state index contributed by atoms with van der Waals surface area (Å²) < 4.78 is 5.41. The number of carbonyl (C=O) groups is 1. The lowest BCUT2D eigenvalue weighted by Gasteiger charge is -2.34. The topological polar surface area (TPSA) is 110 Å². The lowest BCUT2D eigenvalue weighted by Crippen LogP contribution is -2.44. The summed E-state index contributed by atoms with van der Waals surface area (Å²) in [5, 5.41) is 48.9. The summed E-state index contributed by atoms with van der Waals surface area (Å²) in [5.41, 5.74) is 8.32. The van der Waals surface area contributed by atoms with Crippen molar-refractivity contribution in [2.75, 3.05) is 7.11 Å². The zero-order chi connectivity index (χ0) is 43.4. The van der Waals surface area contributed by atoms with E-state index in [1.807, 2.05) is 67.3 Å². The molecule has 7 nitrogen and oxygen atoms in total. The highest BCUT2D eigenvalue weighted by Crippen LogP contribution is 2.42. The van der Waals surface area contributed by atoms with Crippen molar-refractivity contribution in [3.63, 3.8) is 0 Å². The molecule has 0 aromatic heterocycles. The fourth-order valence-corrected chi connectivity index (χ4v) is 8.09. The molecular weight excluding hydrogens is 723 g/mol. The molecule has 0 radical (unpaired) electrons. The van der Waals surface area contributed by atoms with Crippen LogP contribution in [0.1, 0.15) is 164 Å². The Morgan fingerprint density at radius 1 is 0.483 bits per heavy atom. The minimum Gasteiger partial charge on any atom is -0.507 e. The van der Waals surface area contributed by atoms with Gasteiger partial charge in [0.05, 0.1) is 7.11 Å². The highest BCUT2D eigenvalue weighted by atomic mass is 16.5. The fraction of sp³-hybridized carbons (Fsp3) is 0.510. The third-order valence-corrected chi connectivity index (χ3v) is 11.9. The first-order valence-corrected chi connectivity index (χ1v) is 20.8. The van der Waals surface area contributed by atoms with E-state index in [-0.39, 0.29) is 82.9 Å². The predicted octanol–water partition coefficient (Wildman–Crippen LogP) is 11.0. The fourth-order valence-electron chi connectivity index (χ4n) is 8.09. The average Bonchev–Trinajstić information content (AvgIpc) is 3.08. The first-order valence-electron chi connectivity index (χ1n) is 20.8. The van der Waals surface area contributed by atoms with Crippen LogP contribution in [0.2, 0.25) is 0 Å². The zero-order valence-electron chi connectivity index (χ0n) is 37.9. The Hall–Kier alpha value is -4.49. The van der Waals surface area contributed by atoms with Gasteiger partial charge in [0.2, 0.25) is 0 Å². The molecule has 1 atom stereocenters. The van der Waals surface area contributed by atoms with E-state index in [4.69, 9.17) is 4.74 Å². The van der Waals surface area contributed by atoms with Crippen LogP contribution in [-0.4, -0.2) is 44.4 Å². The van der Waals surface area contributed by atoms with Crippen molar-refractivity contribution in [3.8, 4) is 23.0 Å². The molecule has 8 bridgehead atoms. The van der Waals surface area contributed by atoms with E-state index in [9.17, 15) is 25.2 Å². The van der Waals surface area contributed by atoms with Crippen molar-refractivity contribution >= 4 is 5.97 Å². The number of fused-ring (bicyclic) bond motifs is 8. The number of hydrogen-bond donors (Lipinski definition) is 4. The molecule has 0 saturated heterocycles. The summed E-state index contributed by atoms with van der Waals surface area (Å²) in [6.45, 7) is 30.0. The van der Waals surface area contributed by atoms with Gasteiger partial charge in [-0.15, -0.1) is 0 Å². The van der Waals surface area contributed by atoms with Gasteiger partial charge in [-0.3, -0.25) is 9.69 Å². The Kier molecular flexibility index (Phi) is 12.3. The Balaban J connectivity index is 1.94. The molecule has 0 aliphatic carbocycles. The molecule has 314 valence electrons. The number of carbonyl (C=O) groups excluding carboxylic acids is 1. The molecule has 5 rings (SSSR count). The highest BCUT2D eigenvalue weighted by molar-refractivity contribution is 5.76. The van der Waals surface area contributed by atoms with E-state index in [0.717, 1.165) is 22.3 Å². The number of ether oxygens (including phenoxy) is 1. The molecule has 0 saturated carbocycles. The molecule has 58 heavy (non-hydrogen) atoms. The molecule has 1 aliphatic rings. The number of phenols is 4. The van der Waals surface area contributed by atoms with Crippen LogP contribution in [0.5, 0.6) is 23.0 Å². The number of methoxy groups -OCH3 is 1. The number of hydrogen-bond acceptors (Lipinski definition) is 7. The minimum atomic E-state index is -0.706. The van der Waals surface area contributed by atoms with Gasteiger partial charge in [0, 0.05) is 43.5 Å². The van der Waals surface area contributed by atoms with Crippen LogP contribution in [-0.2, 0) is 63.5 Å². The molecule has 0 spiro atoms. The van der Waals surface area contributed by atoms with Crippen LogP contribution < -0.4 is 0 Å². The van der Waals surface area contributed by atoms with Crippen LogP contribution in [0.25, 0.3) is 0 Å². The van der Waals surface area contributed by atoms with E-state index in [1.165, 1.54) is 7.11 Å². The largest absolute Gasteiger partial charge is 0.507 e. The third kappa shape index (κ3) is 9.52. The van der Waals surface area contributed by atoms with E-state index in [1.54, 1.807) is 0 Å². The summed E-state index contributed by atoms with van der Waals surface area (Å²) in [6, 6.07) is 15.6. The van der Waals surface area contributed by atoms with Crippen LogP contribution in [0, 0.1) is 5.92 Å². The number of aromatic hydroxyl groups is 4. The highest BCUT2D eigenvalue weighted by Gasteiger charge is 2.34. The molecule has 4 aromatic rings. The van der Waals surface area contributed by atoms with Crippen molar-refractivity contribution in [2.45, 2.75) is 157 Å². The molecule has 1 heterocycles. The molecular formula is C51H69NO6. The van der Waals surface area contributed by atoms with E-state index < -0.39 is 12.0 Å². The van der Waals surface area contributed by atoms with Crippen LogP contribution in [0.3, 0.4) is 0 Å². The van der Waals surface area contributed by atoms with Crippen molar-refractivity contribution in [2.24, 2.45) is 5.92 Å². The van der Waals surface area contributed by atoms with Gasteiger partial charge in [0.25, 0.3) is 0 Å². The first kappa shape index (κ1) is 44.6.